The van der Waals surface area contributed by atoms with E-state index in [1.807, 2.05) is 10.7 Å². The van der Waals surface area contributed by atoms with Crippen LogP contribution in [-0.2, 0) is 18.4 Å². The van der Waals surface area contributed by atoms with Crippen LogP contribution in [0.1, 0.15) is 38.4 Å². The summed E-state index contributed by atoms with van der Waals surface area (Å²) in [5, 5.41) is 4.70. The number of hydrogen-bond donors (Lipinski definition) is 1. The number of nitrogen functional groups attached to an aromatic ring is 1. The third-order valence-electron chi connectivity index (χ3n) is 3.32. The normalized spacial score (nSPS) is 11.8. The second-order valence-electron chi connectivity index (χ2n) is 6.11. The Morgan fingerprint density at radius 2 is 1.85 bits per heavy atom. The highest BCUT2D eigenvalue weighted by Gasteiger charge is 2.24. The molecule has 0 saturated carbocycles. The molecule has 0 aliphatic heterocycles. The molecule has 4 heteroatoms. The van der Waals surface area contributed by atoms with Gasteiger partial charge in [-0.05, 0) is 41.0 Å². The van der Waals surface area contributed by atoms with Crippen molar-refractivity contribution in [3.8, 4) is 0 Å². The zero-order valence-electron chi connectivity index (χ0n) is 12.4. The molecular weight excluding hydrogens is 361 g/mol. The van der Waals surface area contributed by atoms with Crippen LogP contribution < -0.4 is 5.73 Å². The summed E-state index contributed by atoms with van der Waals surface area (Å²) in [6.45, 7) is 7.38. The number of rotatable bonds is 4. The second-order valence-corrected chi connectivity index (χ2v) is 7.19. The smallest absolute Gasteiger partial charge is 0.135 e. The number of anilines is 1. The maximum Gasteiger partial charge on any atom is 0.135 e. The van der Waals surface area contributed by atoms with Crippen molar-refractivity contribution in [1.82, 2.24) is 9.78 Å². The molecule has 2 N–H and O–H groups in total. The summed E-state index contributed by atoms with van der Waals surface area (Å²) in [5.41, 5.74) is 8.67. The molecule has 0 bridgehead atoms. The minimum absolute atomic E-state index is 0.0370. The van der Waals surface area contributed by atoms with Crippen LogP contribution in [0.3, 0.4) is 0 Å². The molecule has 1 heterocycles. The van der Waals surface area contributed by atoms with Crippen LogP contribution in [-0.4, -0.2) is 9.78 Å². The van der Waals surface area contributed by atoms with Crippen molar-refractivity contribution >= 4 is 28.4 Å². The number of benzene rings is 1. The number of aryl methyl sites for hydroxylation is 2. The number of halogens is 1. The van der Waals surface area contributed by atoms with E-state index >= 15 is 0 Å². The third kappa shape index (κ3) is 3.53. The van der Waals surface area contributed by atoms with Crippen molar-refractivity contribution in [1.29, 1.82) is 0 Å². The molecule has 0 aliphatic rings. The van der Waals surface area contributed by atoms with Crippen LogP contribution in [0, 0.1) is 3.57 Å². The molecule has 1 aromatic heterocycles. The molecule has 108 valence electrons. The van der Waals surface area contributed by atoms with Gasteiger partial charge in [-0.1, -0.05) is 51.1 Å². The molecule has 0 fully saturated rings. The van der Waals surface area contributed by atoms with Gasteiger partial charge >= 0.3 is 0 Å². The minimum atomic E-state index is 0.0370. The van der Waals surface area contributed by atoms with Crippen molar-refractivity contribution < 1.29 is 0 Å². The number of nitrogens with zero attached hydrogens (tertiary/aromatic N) is 2. The minimum Gasteiger partial charge on any atom is -0.383 e. The Morgan fingerprint density at radius 1 is 1.20 bits per heavy atom. The monoisotopic (exact) mass is 383 g/mol. The van der Waals surface area contributed by atoms with Crippen molar-refractivity contribution in [2.75, 3.05) is 5.73 Å². The van der Waals surface area contributed by atoms with E-state index in [2.05, 4.69) is 67.6 Å². The molecule has 0 atom stereocenters. The quantitative estimate of drug-likeness (QED) is 0.812. The summed E-state index contributed by atoms with van der Waals surface area (Å²) < 4.78 is 3.04. The third-order valence-corrected chi connectivity index (χ3v) is 4.38. The lowest BCUT2D eigenvalue weighted by Crippen LogP contribution is -2.14. The summed E-state index contributed by atoms with van der Waals surface area (Å²) in [6.07, 6.45) is 2.11. The average molecular weight is 383 g/mol. The molecule has 0 aliphatic carbocycles. The predicted molar refractivity (Wildman–Crippen MR) is 92.8 cm³/mol. The van der Waals surface area contributed by atoms with E-state index < -0.39 is 0 Å². The van der Waals surface area contributed by atoms with Crippen molar-refractivity contribution in [3.05, 3.63) is 45.2 Å². The van der Waals surface area contributed by atoms with Crippen molar-refractivity contribution in [2.45, 2.75) is 45.6 Å². The zero-order valence-corrected chi connectivity index (χ0v) is 14.5. The molecule has 2 rings (SSSR count). The van der Waals surface area contributed by atoms with Crippen LogP contribution in [0.15, 0.2) is 30.3 Å². The van der Waals surface area contributed by atoms with Crippen molar-refractivity contribution in [3.63, 3.8) is 0 Å². The summed E-state index contributed by atoms with van der Waals surface area (Å²) in [4.78, 5) is 0. The van der Waals surface area contributed by atoms with E-state index in [1.54, 1.807) is 0 Å². The van der Waals surface area contributed by atoms with Gasteiger partial charge in [-0.2, -0.15) is 5.10 Å². The second kappa shape index (κ2) is 6.16. The lowest BCUT2D eigenvalue weighted by atomic mass is 9.92. The maximum absolute atomic E-state index is 6.17. The Labute approximate surface area is 134 Å². The molecule has 0 spiro atoms. The Bertz CT molecular complexity index is 567. The molecule has 1 aromatic carbocycles. The van der Waals surface area contributed by atoms with Gasteiger partial charge in [0.1, 0.15) is 5.82 Å². The van der Waals surface area contributed by atoms with Gasteiger partial charge in [-0.3, -0.25) is 0 Å². The van der Waals surface area contributed by atoms with E-state index in [1.165, 1.54) is 5.56 Å². The molecule has 0 radical (unpaired) electrons. The van der Waals surface area contributed by atoms with Gasteiger partial charge in [0.15, 0.2) is 0 Å². The number of aromatic nitrogens is 2. The van der Waals surface area contributed by atoms with Gasteiger partial charge in [0.05, 0.1) is 9.26 Å². The lowest BCUT2D eigenvalue weighted by molar-refractivity contribution is 0.523. The Morgan fingerprint density at radius 3 is 2.40 bits per heavy atom. The zero-order chi connectivity index (χ0) is 14.8. The first-order chi connectivity index (χ1) is 9.39. The SMILES string of the molecule is CC(C)(C)c1nn(CCCc2ccccc2)c(N)c1I. The van der Waals surface area contributed by atoms with E-state index in [4.69, 9.17) is 10.8 Å². The lowest BCUT2D eigenvalue weighted by Gasteiger charge is -2.15. The fraction of sp³-hybridized carbons (Fsp3) is 0.438. The van der Waals surface area contributed by atoms with Gasteiger partial charge in [-0.15, -0.1) is 0 Å². The highest BCUT2D eigenvalue weighted by molar-refractivity contribution is 14.1. The molecule has 0 saturated heterocycles. The predicted octanol–water partition coefficient (Wildman–Crippen LogP) is 4.00. The Balaban J connectivity index is 2.04. The summed E-state index contributed by atoms with van der Waals surface area (Å²) in [7, 11) is 0. The standard InChI is InChI=1S/C16H22IN3/c1-16(2,3)14-13(17)15(18)20(19-14)11-7-10-12-8-5-4-6-9-12/h4-6,8-9H,7,10-11,18H2,1-3H3. The molecule has 3 nitrogen and oxygen atoms in total. The molecular formula is C16H22IN3. The molecule has 2 aromatic rings. The largest absolute Gasteiger partial charge is 0.383 e. The number of hydrogen-bond acceptors (Lipinski definition) is 2. The first kappa shape index (κ1) is 15.4. The van der Waals surface area contributed by atoms with Crippen LogP contribution >= 0.6 is 22.6 Å². The van der Waals surface area contributed by atoms with Crippen LogP contribution in [0.4, 0.5) is 5.82 Å². The highest BCUT2D eigenvalue weighted by Crippen LogP contribution is 2.29. The average Bonchev–Trinajstić information content (AvgIpc) is 2.68. The van der Waals surface area contributed by atoms with Crippen LogP contribution in [0.25, 0.3) is 0 Å². The highest BCUT2D eigenvalue weighted by atomic mass is 127. The van der Waals surface area contributed by atoms with Gasteiger partial charge < -0.3 is 5.73 Å². The fourth-order valence-corrected chi connectivity index (χ4v) is 3.38. The van der Waals surface area contributed by atoms with Gasteiger partial charge in [0, 0.05) is 12.0 Å². The van der Waals surface area contributed by atoms with Crippen LogP contribution in [0.2, 0.25) is 0 Å². The van der Waals surface area contributed by atoms with E-state index in [-0.39, 0.29) is 5.41 Å². The molecule has 0 amide bonds. The Kier molecular flexibility index (Phi) is 4.73. The summed E-state index contributed by atoms with van der Waals surface area (Å²) >= 11 is 2.31. The molecule has 0 unspecified atom stereocenters. The summed E-state index contributed by atoms with van der Waals surface area (Å²) in [5.74, 6) is 0.795. The van der Waals surface area contributed by atoms with Gasteiger partial charge in [0.2, 0.25) is 0 Å². The first-order valence-corrected chi connectivity index (χ1v) is 8.03. The van der Waals surface area contributed by atoms with Crippen LogP contribution in [0.5, 0.6) is 0 Å². The van der Waals surface area contributed by atoms with E-state index in [0.717, 1.165) is 34.5 Å². The van der Waals surface area contributed by atoms with Crippen molar-refractivity contribution in [2.24, 2.45) is 0 Å². The molecule has 20 heavy (non-hydrogen) atoms. The maximum atomic E-state index is 6.17. The topological polar surface area (TPSA) is 43.8 Å². The number of nitrogens with two attached hydrogens (primary N) is 1. The Hall–Kier alpha value is -1.04. The van der Waals surface area contributed by atoms with Gasteiger partial charge in [-0.25, -0.2) is 4.68 Å². The summed E-state index contributed by atoms with van der Waals surface area (Å²) in [6, 6.07) is 10.5. The fourth-order valence-electron chi connectivity index (χ4n) is 2.18. The van der Waals surface area contributed by atoms with Gasteiger partial charge in [0.25, 0.3) is 0 Å². The first-order valence-electron chi connectivity index (χ1n) is 6.96. The van der Waals surface area contributed by atoms with E-state index in [0.29, 0.717) is 0 Å². The van der Waals surface area contributed by atoms with E-state index in [9.17, 15) is 0 Å².